The van der Waals surface area contributed by atoms with Crippen LogP contribution in [-0.4, -0.2) is 36.2 Å². The minimum atomic E-state index is -1.06. The van der Waals surface area contributed by atoms with Crippen LogP contribution >= 0.6 is 0 Å². The third kappa shape index (κ3) is 11.5. The van der Waals surface area contributed by atoms with Crippen molar-refractivity contribution < 1.29 is 19.4 Å². The highest BCUT2D eigenvalue weighted by Gasteiger charge is 2.30. The summed E-state index contributed by atoms with van der Waals surface area (Å²) in [6.07, 6.45) is 11.7. The maximum Gasteiger partial charge on any atom is 0.331 e. The second-order valence-corrected chi connectivity index (χ2v) is 7.06. The number of ether oxygens (including phenoxy) is 1. The smallest absolute Gasteiger partial charge is 0.331 e. The fourth-order valence-electron chi connectivity index (χ4n) is 2.31. The molecule has 0 fully saturated rings. The summed E-state index contributed by atoms with van der Waals surface area (Å²) < 4.78 is 4.64. The highest BCUT2D eigenvalue weighted by molar-refractivity contribution is 5.91. The van der Waals surface area contributed by atoms with Crippen molar-refractivity contribution in [1.82, 2.24) is 5.32 Å². The van der Waals surface area contributed by atoms with Gasteiger partial charge in [-0.05, 0) is 24.7 Å². The highest BCUT2D eigenvalue weighted by atomic mass is 16.5. The van der Waals surface area contributed by atoms with Crippen molar-refractivity contribution in [3.05, 3.63) is 24.3 Å². The van der Waals surface area contributed by atoms with E-state index in [0.717, 1.165) is 18.8 Å². The largest absolute Gasteiger partial charge is 0.467 e. The first-order valence-corrected chi connectivity index (χ1v) is 9.19. The molecular formula is C20H35NO4. The van der Waals surface area contributed by atoms with Gasteiger partial charge in [-0.2, -0.15) is 0 Å². The van der Waals surface area contributed by atoms with Crippen LogP contribution in [0.2, 0.25) is 0 Å². The number of hydrogen-bond acceptors (Lipinski definition) is 4. The van der Waals surface area contributed by atoms with E-state index in [4.69, 9.17) is 0 Å². The van der Waals surface area contributed by atoms with Crippen LogP contribution in [0.3, 0.4) is 0 Å². The Labute approximate surface area is 152 Å². The molecule has 1 amide bonds. The molecule has 0 saturated carbocycles. The number of nitrogens with one attached hydrogen (secondary N) is 1. The van der Waals surface area contributed by atoms with Crippen LogP contribution in [0.4, 0.5) is 0 Å². The van der Waals surface area contributed by atoms with E-state index in [1.165, 1.54) is 32.4 Å². The molecule has 0 rings (SSSR count). The molecule has 0 radical (unpaired) electrons. The predicted molar refractivity (Wildman–Crippen MR) is 101 cm³/mol. The summed E-state index contributed by atoms with van der Waals surface area (Å²) in [6, 6.07) is -1.06. The van der Waals surface area contributed by atoms with Crippen molar-refractivity contribution in [2.45, 2.75) is 71.9 Å². The van der Waals surface area contributed by atoms with Crippen LogP contribution < -0.4 is 5.32 Å². The Morgan fingerprint density at radius 1 is 1.08 bits per heavy atom. The van der Waals surface area contributed by atoms with Crippen LogP contribution in [0, 0.1) is 11.8 Å². The van der Waals surface area contributed by atoms with Crippen LogP contribution in [0.1, 0.15) is 59.8 Å². The molecule has 0 heterocycles. The molecule has 0 spiro atoms. The van der Waals surface area contributed by atoms with Gasteiger partial charge in [-0.15, -0.1) is 0 Å². The van der Waals surface area contributed by atoms with Gasteiger partial charge in [-0.25, -0.2) is 4.79 Å². The maximum atomic E-state index is 11.9. The first kappa shape index (κ1) is 23.4. The number of aliphatic hydroxyl groups excluding tert-OH is 1. The Morgan fingerprint density at radius 2 is 1.76 bits per heavy atom. The van der Waals surface area contributed by atoms with Gasteiger partial charge in [0.25, 0.3) is 0 Å². The lowest BCUT2D eigenvalue weighted by Gasteiger charge is -2.23. The first-order valence-electron chi connectivity index (χ1n) is 9.19. The predicted octanol–water partition coefficient (Wildman–Crippen LogP) is 3.38. The monoisotopic (exact) mass is 353 g/mol. The minimum Gasteiger partial charge on any atom is -0.467 e. The molecule has 144 valence electrons. The van der Waals surface area contributed by atoms with Crippen molar-refractivity contribution >= 4 is 11.9 Å². The summed E-state index contributed by atoms with van der Waals surface area (Å²) in [7, 11) is 1.23. The van der Waals surface area contributed by atoms with E-state index in [0.29, 0.717) is 0 Å². The quantitative estimate of drug-likeness (QED) is 0.244. The molecule has 25 heavy (non-hydrogen) atoms. The molecule has 0 aromatic rings. The Balaban J connectivity index is 4.22. The number of methoxy groups -OCH3 is 1. The Bertz CT molecular complexity index is 441. The van der Waals surface area contributed by atoms with Crippen molar-refractivity contribution in [3.8, 4) is 0 Å². The number of rotatable bonds is 12. The lowest BCUT2D eigenvalue weighted by Crippen LogP contribution is -2.50. The zero-order chi connectivity index (χ0) is 19.2. The van der Waals surface area contributed by atoms with Crippen LogP contribution in [0.25, 0.3) is 0 Å². The van der Waals surface area contributed by atoms with Gasteiger partial charge in [0.05, 0.1) is 13.2 Å². The van der Waals surface area contributed by atoms with Gasteiger partial charge in [0.2, 0.25) is 5.91 Å². The average molecular weight is 354 g/mol. The number of carbonyl (C=O) groups excluding carboxylic acids is 2. The number of aliphatic hydroxyl groups is 1. The number of hydrogen-bond donors (Lipinski definition) is 2. The van der Waals surface area contributed by atoms with Gasteiger partial charge in [-0.3, -0.25) is 4.79 Å². The summed E-state index contributed by atoms with van der Waals surface area (Å²) in [4.78, 5) is 23.6. The topological polar surface area (TPSA) is 75.6 Å². The van der Waals surface area contributed by atoms with Gasteiger partial charge in [0, 0.05) is 6.08 Å². The third-order valence-corrected chi connectivity index (χ3v) is 3.92. The zero-order valence-corrected chi connectivity index (χ0v) is 16.3. The molecule has 0 unspecified atom stereocenters. The highest BCUT2D eigenvalue weighted by Crippen LogP contribution is 2.10. The summed E-state index contributed by atoms with van der Waals surface area (Å²) in [5.74, 6) is -0.499. The zero-order valence-electron chi connectivity index (χ0n) is 16.3. The fourth-order valence-corrected chi connectivity index (χ4v) is 2.31. The Kier molecular flexibility index (Phi) is 12.8. The lowest BCUT2D eigenvalue weighted by atomic mass is 9.99. The van der Waals surface area contributed by atoms with Crippen LogP contribution in [0.5, 0.6) is 0 Å². The van der Waals surface area contributed by atoms with Crippen molar-refractivity contribution in [2.75, 3.05) is 7.11 Å². The summed E-state index contributed by atoms with van der Waals surface area (Å²) in [6.45, 7) is 8.01. The average Bonchev–Trinajstić information content (AvgIpc) is 2.56. The molecule has 0 aliphatic rings. The minimum absolute atomic E-state index is 0.177. The van der Waals surface area contributed by atoms with Gasteiger partial charge >= 0.3 is 5.97 Å². The molecule has 0 aliphatic heterocycles. The molecule has 2 atom stereocenters. The number of carbonyl (C=O) groups is 2. The molecule has 5 heteroatoms. The van der Waals surface area contributed by atoms with E-state index < -0.39 is 24.0 Å². The van der Waals surface area contributed by atoms with E-state index in [-0.39, 0.29) is 5.92 Å². The van der Waals surface area contributed by atoms with Gasteiger partial charge < -0.3 is 15.2 Å². The molecule has 0 saturated heterocycles. The summed E-state index contributed by atoms with van der Waals surface area (Å²) in [5.41, 5.74) is 0. The Morgan fingerprint density at radius 3 is 2.32 bits per heavy atom. The van der Waals surface area contributed by atoms with E-state index in [2.05, 4.69) is 23.9 Å². The van der Waals surface area contributed by atoms with Crippen LogP contribution in [-0.2, 0) is 14.3 Å². The molecular weight excluding hydrogens is 318 g/mol. The molecule has 0 aromatic carbocycles. The lowest BCUT2D eigenvalue weighted by molar-refractivity contribution is -0.148. The van der Waals surface area contributed by atoms with Crippen LogP contribution in [0.15, 0.2) is 24.3 Å². The van der Waals surface area contributed by atoms with E-state index >= 15 is 0 Å². The molecule has 0 aliphatic carbocycles. The number of esters is 1. The number of allylic oxidation sites excluding steroid dienone is 3. The standard InChI is InChI=1S/C20H35NO4/c1-15(2)13-11-9-7-6-8-10-12-14-17(22)21-18(20(24)25-5)19(23)16(3)4/h8,10,12,14-16,18-19,23H,6-7,9,11,13H2,1-5H3,(H,21,22)/b10-8+,14-12+/t18-,19+/m0/s1. The van der Waals surface area contributed by atoms with Crippen molar-refractivity contribution in [3.63, 3.8) is 0 Å². The third-order valence-electron chi connectivity index (χ3n) is 3.92. The van der Waals surface area contributed by atoms with Crippen molar-refractivity contribution in [2.24, 2.45) is 11.8 Å². The Hall–Kier alpha value is -1.62. The normalized spacial score (nSPS) is 14.4. The number of unbranched alkanes of at least 4 members (excludes halogenated alkanes) is 3. The van der Waals surface area contributed by atoms with E-state index in [1.54, 1.807) is 19.9 Å². The number of amides is 1. The fraction of sp³-hybridized carbons (Fsp3) is 0.700. The van der Waals surface area contributed by atoms with Gasteiger partial charge in [0.1, 0.15) is 0 Å². The maximum absolute atomic E-state index is 11.9. The molecule has 2 N–H and O–H groups in total. The second-order valence-electron chi connectivity index (χ2n) is 7.06. The second kappa shape index (κ2) is 13.6. The SMILES string of the molecule is COC(=O)[C@@H](NC(=O)/C=C/C=C/CCCCCC(C)C)[C@H](O)C(C)C. The molecule has 0 bridgehead atoms. The van der Waals surface area contributed by atoms with Crippen molar-refractivity contribution in [1.29, 1.82) is 0 Å². The molecule has 5 nitrogen and oxygen atoms in total. The first-order chi connectivity index (χ1) is 11.8. The van der Waals surface area contributed by atoms with E-state index in [9.17, 15) is 14.7 Å². The van der Waals surface area contributed by atoms with E-state index in [1.807, 2.05) is 12.2 Å². The van der Waals surface area contributed by atoms with Gasteiger partial charge in [0.15, 0.2) is 6.04 Å². The molecule has 0 aromatic heterocycles. The summed E-state index contributed by atoms with van der Waals surface area (Å²) in [5, 5.41) is 12.5. The van der Waals surface area contributed by atoms with Gasteiger partial charge in [-0.1, -0.05) is 65.2 Å². The summed E-state index contributed by atoms with van der Waals surface area (Å²) >= 11 is 0.